The standard InChI is InChI=1S/C15H12I2.2NO3/c1-13-7-9-15(10-8-13)17-12-11-16-14-5-3-2-4-6-14;2*2-1(3)4/h2-10H,1H3;;/q+2;2*-1. The molecular weight excluding hydrogens is 558 g/mol. The van der Waals surface area contributed by atoms with Crippen LogP contribution in [0.25, 0.3) is 0 Å². The topological polar surface area (TPSA) is 132 Å². The average molecular weight is 570 g/mol. The molecule has 0 fully saturated rings. The molecular formula is C15H12I2N2O6. The molecule has 10 heteroatoms. The Hall–Kier alpha value is -2.14. The van der Waals surface area contributed by atoms with Crippen molar-refractivity contribution in [1.29, 1.82) is 0 Å². The van der Waals surface area contributed by atoms with E-state index in [1.54, 1.807) is 0 Å². The third kappa shape index (κ3) is 16.5. The van der Waals surface area contributed by atoms with Crippen LogP contribution >= 0.6 is 0 Å². The minimum atomic E-state index is -1.75. The van der Waals surface area contributed by atoms with Crippen LogP contribution in [0.4, 0.5) is 0 Å². The van der Waals surface area contributed by atoms with Crippen molar-refractivity contribution in [2.75, 3.05) is 0 Å². The normalized spacial score (nSPS) is 8.36. The zero-order valence-electron chi connectivity index (χ0n) is 12.8. The second-order valence-corrected chi connectivity index (χ2v) is 8.57. The zero-order chi connectivity index (χ0) is 19.1. The van der Waals surface area contributed by atoms with E-state index in [2.05, 4.69) is 69.4 Å². The monoisotopic (exact) mass is 570 g/mol. The molecule has 0 aromatic heterocycles. The molecule has 25 heavy (non-hydrogen) atoms. The SMILES string of the molecule is Cc1ccc([I+]C#C[I+]c2ccccc2)cc1.O=[N+]([O-])[O-].O=[N+]([O-])[O-]. The van der Waals surface area contributed by atoms with Crippen LogP contribution < -0.4 is 42.4 Å². The van der Waals surface area contributed by atoms with Gasteiger partial charge in [-0.25, -0.2) is 0 Å². The van der Waals surface area contributed by atoms with Gasteiger partial charge in [-0.05, 0) is 31.2 Å². The van der Waals surface area contributed by atoms with Gasteiger partial charge in [-0.1, -0.05) is 35.9 Å². The molecule has 0 N–H and O–H groups in total. The Bertz CT molecular complexity index is 694. The Labute approximate surface area is 164 Å². The number of hydrogen-bond acceptors (Lipinski definition) is 6. The molecule has 0 aliphatic rings. The largest absolute Gasteiger partial charge is 0.424 e. The first-order chi connectivity index (χ1) is 11.8. The lowest BCUT2D eigenvalue weighted by molar-refractivity contribution is -0.561. The van der Waals surface area contributed by atoms with Gasteiger partial charge in [0.15, 0.2) is 0 Å². The molecule has 0 aliphatic heterocycles. The molecule has 0 spiro atoms. The van der Waals surface area contributed by atoms with Crippen LogP contribution in [0.3, 0.4) is 0 Å². The van der Waals surface area contributed by atoms with E-state index < -0.39 is 10.2 Å². The summed E-state index contributed by atoms with van der Waals surface area (Å²) in [5.41, 5.74) is 1.32. The van der Waals surface area contributed by atoms with Gasteiger partial charge in [0.05, 0.1) is 10.2 Å². The lowest BCUT2D eigenvalue weighted by Gasteiger charge is -1.84. The van der Waals surface area contributed by atoms with Gasteiger partial charge in [0.25, 0.3) is 0 Å². The fourth-order valence-corrected chi connectivity index (χ4v) is 4.91. The van der Waals surface area contributed by atoms with Gasteiger partial charge in [0.1, 0.15) is 0 Å². The van der Waals surface area contributed by atoms with E-state index in [0.29, 0.717) is 0 Å². The molecule has 0 radical (unpaired) electrons. The van der Waals surface area contributed by atoms with E-state index in [9.17, 15) is 0 Å². The zero-order valence-corrected chi connectivity index (χ0v) is 17.1. The highest BCUT2D eigenvalue weighted by Gasteiger charge is 2.12. The maximum absolute atomic E-state index is 8.25. The van der Waals surface area contributed by atoms with Crippen LogP contribution in [0.15, 0.2) is 54.6 Å². The molecule has 2 aromatic rings. The Balaban J connectivity index is 0.000000609. The predicted molar refractivity (Wildman–Crippen MR) is 83.5 cm³/mol. The summed E-state index contributed by atoms with van der Waals surface area (Å²) in [6, 6.07) is 19.3. The Kier molecular flexibility index (Phi) is 13.0. The van der Waals surface area contributed by atoms with Crippen molar-refractivity contribution in [3.05, 3.63) is 97.9 Å². The molecule has 132 valence electrons. The molecule has 2 aromatic carbocycles. The minimum Gasteiger partial charge on any atom is -0.356 e. The van der Waals surface area contributed by atoms with Gasteiger partial charge >= 0.3 is 42.4 Å². The van der Waals surface area contributed by atoms with Crippen molar-refractivity contribution < 1.29 is 52.6 Å². The van der Waals surface area contributed by atoms with Gasteiger partial charge in [-0.3, -0.25) is 0 Å². The Morgan fingerprint density at radius 3 is 1.48 bits per heavy atom. The summed E-state index contributed by atoms with van der Waals surface area (Å²) in [5, 5.41) is 29.5. The summed E-state index contributed by atoms with van der Waals surface area (Å²) in [6.07, 6.45) is 0. The van der Waals surface area contributed by atoms with Gasteiger partial charge in [-0.15, -0.1) is 0 Å². The molecule has 0 bridgehead atoms. The van der Waals surface area contributed by atoms with Gasteiger partial charge in [0.2, 0.25) is 15.0 Å². The molecule has 0 saturated carbocycles. The second-order valence-electron chi connectivity index (χ2n) is 3.92. The molecule has 0 amide bonds. The first kappa shape index (κ1) is 22.9. The maximum atomic E-state index is 8.25. The highest BCUT2D eigenvalue weighted by atomic mass is 127. The molecule has 0 heterocycles. The highest BCUT2D eigenvalue weighted by molar-refractivity contribution is 5.11. The fraction of sp³-hybridized carbons (Fsp3) is 0.0667. The quantitative estimate of drug-likeness (QED) is 0.161. The predicted octanol–water partition coefficient (Wildman–Crippen LogP) is -3.35. The molecule has 0 unspecified atom stereocenters. The van der Waals surface area contributed by atoms with Crippen LogP contribution in [-0.2, 0) is 0 Å². The summed E-state index contributed by atoms with van der Waals surface area (Å²) in [6.45, 7) is 2.12. The molecule has 2 rings (SSSR count). The van der Waals surface area contributed by atoms with Crippen molar-refractivity contribution in [3.63, 3.8) is 0 Å². The number of halogens is 2. The van der Waals surface area contributed by atoms with Crippen LogP contribution in [0.2, 0.25) is 0 Å². The first-order valence-electron chi connectivity index (χ1n) is 6.33. The Morgan fingerprint density at radius 1 is 0.720 bits per heavy atom. The van der Waals surface area contributed by atoms with Gasteiger partial charge in [0, 0.05) is 0 Å². The van der Waals surface area contributed by atoms with E-state index in [1.807, 2.05) is 0 Å². The number of benzene rings is 2. The molecule has 0 atom stereocenters. The third-order valence-electron chi connectivity index (χ3n) is 2.09. The first-order valence-corrected chi connectivity index (χ1v) is 10.6. The maximum Gasteiger partial charge on any atom is 0.424 e. The third-order valence-corrected chi connectivity index (χ3v) is 6.89. The van der Waals surface area contributed by atoms with Gasteiger partial charge < -0.3 is 30.6 Å². The minimum absolute atomic E-state index is 0.112. The lowest BCUT2D eigenvalue weighted by Crippen LogP contribution is -3.63. The summed E-state index contributed by atoms with van der Waals surface area (Å²) in [4.78, 5) is 16.5. The lowest BCUT2D eigenvalue weighted by atomic mass is 10.2. The van der Waals surface area contributed by atoms with Crippen molar-refractivity contribution in [2.24, 2.45) is 0 Å². The van der Waals surface area contributed by atoms with E-state index in [0.717, 1.165) is 0 Å². The number of rotatable bonds is 2. The Morgan fingerprint density at radius 2 is 1.08 bits per heavy atom. The fourth-order valence-electron chi connectivity index (χ4n) is 1.22. The summed E-state index contributed by atoms with van der Waals surface area (Å²) in [7, 11) is 0. The highest BCUT2D eigenvalue weighted by Crippen LogP contribution is 1.92. The van der Waals surface area contributed by atoms with Gasteiger partial charge in [-0.2, -0.15) is 0 Å². The van der Waals surface area contributed by atoms with Crippen LogP contribution in [0, 0.1) is 52.6 Å². The van der Waals surface area contributed by atoms with Crippen molar-refractivity contribution in [3.8, 4) is 7.85 Å². The summed E-state index contributed by atoms with van der Waals surface area (Å²) < 4.78 is 9.58. The number of nitrogens with zero attached hydrogens (tertiary/aromatic N) is 2. The van der Waals surface area contributed by atoms with Crippen LogP contribution in [-0.4, -0.2) is 10.2 Å². The van der Waals surface area contributed by atoms with Crippen molar-refractivity contribution in [2.45, 2.75) is 6.92 Å². The van der Waals surface area contributed by atoms with Crippen LogP contribution in [0.5, 0.6) is 0 Å². The van der Waals surface area contributed by atoms with Crippen molar-refractivity contribution in [1.82, 2.24) is 0 Å². The van der Waals surface area contributed by atoms with Crippen molar-refractivity contribution >= 4 is 0 Å². The second kappa shape index (κ2) is 14.2. The smallest absolute Gasteiger partial charge is 0.356 e. The number of hydrogen-bond donors (Lipinski definition) is 0. The summed E-state index contributed by atoms with van der Waals surface area (Å²) >= 11 is -0.230. The van der Waals surface area contributed by atoms with E-state index in [-0.39, 0.29) is 42.4 Å². The number of aryl methyl sites for hydroxylation is 1. The average Bonchev–Trinajstić information content (AvgIpc) is 2.53. The van der Waals surface area contributed by atoms with E-state index in [4.69, 9.17) is 30.6 Å². The van der Waals surface area contributed by atoms with E-state index >= 15 is 0 Å². The molecule has 0 saturated heterocycles. The molecule has 0 aliphatic carbocycles. The van der Waals surface area contributed by atoms with Crippen LogP contribution in [0.1, 0.15) is 5.56 Å². The molecule has 8 nitrogen and oxygen atoms in total. The van der Waals surface area contributed by atoms with E-state index in [1.165, 1.54) is 12.7 Å². The summed E-state index contributed by atoms with van der Waals surface area (Å²) in [5.74, 6) is 0.